The van der Waals surface area contributed by atoms with Crippen LogP contribution in [0.25, 0.3) is 0 Å². The largest absolute Gasteiger partial charge is 0.370 e. The SMILES string of the molecule is Cn1c(CN=C(N)N2CCCCCC2)cc(Cl)c1Cl.I. The van der Waals surface area contributed by atoms with Gasteiger partial charge in [0.2, 0.25) is 0 Å². The van der Waals surface area contributed by atoms with E-state index in [2.05, 4.69) is 9.89 Å². The maximum Gasteiger partial charge on any atom is 0.191 e. The summed E-state index contributed by atoms with van der Waals surface area (Å²) in [6.07, 6.45) is 4.95. The van der Waals surface area contributed by atoms with Crippen molar-refractivity contribution in [3.05, 3.63) is 21.9 Å². The number of hydrogen-bond acceptors (Lipinski definition) is 1. The normalized spacial score (nSPS) is 16.8. The van der Waals surface area contributed by atoms with Crippen molar-refractivity contribution >= 4 is 53.1 Å². The van der Waals surface area contributed by atoms with Gasteiger partial charge in [-0.25, -0.2) is 4.99 Å². The zero-order chi connectivity index (χ0) is 13.8. The first-order valence-corrected chi connectivity index (χ1v) is 7.39. The molecule has 0 amide bonds. The lowest BCUT2D eigenvalue weighted by atomic mass is 10.2. The van der Waals surface area contributed by atoms with Gasteiger partial charge >= 0.3 is 0 Å². The maximum atomic E-state index is 6.06. The Morgan fingerprint density at radius 3 is 2.35 bits per heavy atom. The number of nitrogens with zero attached hydrogens (tertiary/aromatic N) is 3. The van der Waals surface area contributed by atoms with Gasteiger partial charge in [-0.1, -0.05) is 36.0 Å². The monoisotopic (exact) mass is 430 g/mol. The predicted molar refractivity (Wildman–Crippen MR) is 96.2 cm³/mol. The number of aromatic nitrogens is 1. The molecule has 0 radical (unpaired) electrons. The molecule has 1 saturated heterocycles. The summed E-state index contributed by atoms with van der Waals surface area (Å²) in [6, 6.07) is 1.84. The fourth-order valence-corrected chi connectivity index (χ4v) is 2.72. The topological polar surface area (TPSA) is 46.6 Å². The molecule has 20 heavy (non-hydrogen) atoms. The van der Waals surface area contributed by atoms with Crippen molar-refractivity contribution in [3.63, 3.8) is 0 Å². The molecule has 1 aromatic heterocycles. The van der Waals surface area contributed by atoms with E-state index in [1.165, 1.54) is 25.7 Å². The first kappa shape index (κ1) is 17.9. The first-order valence-electron chi connectivity index (χ1n) is 6.64. The van der Waals surface area contributed by atoms with Gasteiger partial charge in [0, 0.05) is 25.8 Å². The van der Waals surface area contributed by atoms with E-state index in [9.17, 15) is 0 Å². The van der Waals surface area contributed by atoms with E-state index >= 15 is 0 Å². The van der Waals surface area contributed by atoms with Gasteiger partial charge in [-0.2, -0.15) is 0 Å². The quantitative estimate of drug-likeness (QED) is 0.442. The predicted octanol–water partition coefficient (Wildman–Crippen LogP) is 3.64. The number of aliphatic imine (C=N–C) groups is 1. The zero-order valence-corrected chi connectivity index (χ0v) is 15.5. The molecule has 0 bridgehead atoms. The molecule has 1 aliphatic rings. The van der Waals surface area contributed by atoms with Gasteiger partial charge in [-0.05, 0) is 18.9 Å². The van der Waals surface area contributed by atoms with Crippen molar-refractivity contribution in [3.8, 4) is 0 Å². The van der Waals surface area contributed by atoms with Crippen molar-refractivity contribution in [2.24, 2.45) is 17.8 Å². The minimum atomic E-state index is 0. The van der Waals surface area contributed by atoms with Crippen LogP contribution in [-0.2, 0) is 13.6 Å². The summed E-state index contributed by atoms with van der Waals surface area (Å²) >= 11 is 12.0. The van der Waals surface area contributed by atoms with E-state index < -0.39 is 0 Å². The number of nitrogens with two attached hydrogens (primary N) is 1. The van der Waals surface area contributed by atoms with E-state index in [0.29, 0.717) is 22.7 Å². The minimum absolute atomic E-state index is 0. The highest BCUT2D eigenvalue weighted by Crippen LogP contribution is 2.25. The highest BCUT2D eigenvalue weighted by molar-refractivity contribution is 14.0. The van der Waals surface area contributed by atoms with Crippen LogP contribution in [0.3, 0.4) is 0 Å². The van der Waals surface area contributed by atoms with Gasteiger partial charge in [0.05, 0.1) is 11.6 Å². The van der Waals surface area contributed by atoms with Crippen LogP contribution in [0.2, 0.25) is 10.2 Å². The molecule has 1 fully saturated rings. The molecule has 0 aromatic carbocycles. The van der Waals surface area contributed by atoms with Gasteiger partial charge in [-0.15, -0.1) is 24.0 Å². The molecule has 1 aliphatic heterocycles. The minimum Gasteiger partial charge on any atom is -0.370 e. The van der Waals surface area contributed by atoms with Crippen LogP contribution in [0.5, 0.6) is 0 Å². The van der Waals surface area contributed by atoms with Crippen molar-refractivity contribution in [1.29, 1.82) is 0 Å². The molecule has 2 rings (SSSR count). The van der Waals surface area contributed by atoms with Crippen molar-refractivity contribution < 1.29 is 0 Å². The summed E-state index contributed by atoms with van der Waals surface area (Å²) in [6.45, 7) is 2.51. The smallest absolute Gasteiger partial charge is 0.191 e. The Labute approximate surface area is 147 Å². The van der Waals surface area contributed by atoms with E-state index in [1.54, 1.807) is 0 Å². The number of guanidine groups is 1. The second-order valence-corrected chi connectivity index (χ2v) is 5.67. The van der Waals surface area contributed by atoms with Crippen LogP contribution in [0.15, 0.2) is 11.1 Å². The summed E-state index contributed by atoms with van der Waals surface area (Å²) in [7, 11) is 1.88. The second-order valence-electron chi connectivity index (χ2n) is 4.91. The van der Waals surface area contributed by atoms with Crippen LogP contribution >= 0.6 is 47.2 Å². The van der Waals surface area contributed by atoms with Crippen molar-refractivity contribution in [2.45, 2.75) is 32.2 Å². The van der Waals surface area contributed by atoms with Crippen molar-refractivity contribution in [1.82, 2.24) is 9.47 Å². The molecular weight excluding hydrogens is 410 g/mol. The molecular formula is C13H21Cl2IN4. The molecule has 2 heterocycles. The fourth-order valence-electron chi connectivity index (χ4n) is 2.30. The average molecular weight is 431 g/mol. The summed E-state index contributed by atoms with van der Waals surface area (Å²) in [4.78, 5) is 6.62. The third-order valence-corrected chi connectivity index (χ3v) is 4.39. The van der Waals surface area contributed by atoms with Crippen molar-refractivity contribution in [2.75, 3.05) is 13.1 Å². The molecule has 0 unspecified atom stereocenters. The van der Waals surface area contributed by atoms with E-state index in [-0.39, 0.29) is 24.0 Å². The summed E-state index contributed by atoms with van der Waals surface area (Å²) in [5, 5.41) is 1.10. The Balaban J connectivity index is 0.00000200. The highest BCUT2D eigenvalue weighted by atomic mass is 127. The van der Waals surface area contributed by atoms with E-state index in [1.807, 2.05) is 17.7 Å². The van der Waals surface area contributed by atoms with Crippen LogP contribution < -0.4 is 5.73 Å². The van der Waals surface area contributed by atoms with E-state index in [0.717, 1.165) is 18.8 Å². The standard InChI is InChI=1S/C13H20Cl2N4.HI/c1-18-10(8-11(14)12(18)15)9-17-13(16)19-6-4-2-3-5-7-19;/h8H,2-7,9H2,1H3,(H2,16,17);1H. The fraction of sp³-hybridized carbons (Fsp3) is 0.615. The molecule has 7 heteroatoms. The lowest BCUT2D eigenvalue weighted by Crippen LogP contribution is -2.38. The molecule has 0 spiro atoms. The molecule has 114 valence electrons. The van der Waals surface area contributed by atoms with Gasteiger partial charge in [0.15, 0.2) is 5.96 Å². The number of halogens is 3. The highest BCUT2D eigenvalue weighted by Gasteiger charge is 2.12. The lowest BCUT2D eigenvalue weighted by molar-refractivity contribution is 0.428. The molecule has 0 aliphatic carbocycles. The van der Waals surface area contributed by atoms with Gasteiger partial charge in [0.1, 0.15) is 5.15 Å². The molecule has 0 saturated carbocycles. The summed E-state index contributed by atoms with van der Waals surface area (Å²) in [5.41, 5.74) is 7.03. The van der Waals surface area contributed by atoms with Crippen LogP contribution in [0.4, 0.5) is 0 Å². The summed E-state index contributed by atoms with van der Waals surface area (Å²) < 4.78 is 1.84. The molecule has 2 N–H and O–H groups in total. The number of hydrogen-bond donors (Lipinski definition) is 1. The zero-order valence-electron chi connectivity index (χ0n) is 11.6. The van der Waals surface area contributed by atoms with Gasteiger partial charge in [0.25, 0.3) is 0 Å². The van der Waals surface area contributed by atoms with E-state index in [4.69, 9.17) is 28.9 Å². The van der Waals surface area contributed by atoms with Gasteiger partial charge in [-0.3, -0.25) is 0 Å². The molecule has 1 aromatic rings. The Morgan fingerprint density at radius 1 is 1.25 bits per heavy atom. The molecule has 4 nitrogen and oxygen atoms in total. The number of rotatable bonds is 2. The Morgan fingerprint density at radius 2 is 1.85 bits per heavy atom. The Bertz CT molecular complexity index is 465. The third-order valence-electron chi connectivity index (χ3n) is 3.55. The Hall–Kier alpha value is -0.140. The van der Waals surface area contributed by atoms with Gasteiger partial charge < -0.3 is 15.2 Å². The second kappa shape index (κ2) is 8.34. The van der Waals surface area contributed by atoms with Crippen LogP contribution in [-0.4, -0.2) is 28.5 Å². The maximum absolute atomic E-state index is 6.06. The lowest BCUT2D eigenvalue weighted by Gasteiger charge is -2.21. The summed E-state index contributed by atoms with van der Waals surface area (Å²) in [5.74, 6) is 0.621. The first-order chi connectivity index (χ1) is 9.09. The molecule has 0 atom stereocenters. The Kier molecular flexibility index (Phi) is 7.47. The third kappa shape index (κ3) is 4.43. The van der Waals surface area contributed by atoms with Crippen LogP contribution in [0, 0.1) is 0 Å². The van der Waals surface area contributed by atoms with Crippen LogP contribution in [0.1, 0.15) is 31.4 Å². The average Bonchev–Trinajstić information content (AvgIpc) is 2.65. The number of likely N-dealkylation sites (tertiary alicyclic amines) is 1.